The number of para-hydroxylation sites is 1. The lowest BCUT2D eigenvalue weighted by Crippen LogP contribution is -2.46. The Morgan fingerprint density at radius 2 is 1.86 bits per heavy atom. The monoisotopic (exact) mass is 340 g/mol. The van der Waals surface area contributed by atoms with Gasteiger partial charge in [0.2, 0.25) is 0 Å². The first-order valence-electron chi connectivity index (χ1n) is 6.42. The molecule has 0 aromatic heterocycles. The highest BCUT2D eigenvalue weighted by Crippen LogP contribution is 2.26. The van der Waals surface area contributed by atoms with Crippen LogP contribution in [0.5, 0.6) is 5.75 Å². The molecule has 1 aromatic carbocycles. The number of carbonyl (C=O) groups excluding carboxylic acids is 1. The number of piperazine rings is 1. The Bertz CT molecular complexity index is 494. The van der Waals surface area contributed by atoms with E-state index in [1.165, 1.54) is 23.1 Å². The molecule has 1 aliphatic rings. The van der Waals surface area contributed by atoms with E-state index in [2.05, 4.69) is 10.1 Å². The van der Waals surface area contributed by atoms with Gasteiger partial charge in [0.05, 0.1) is 0 Å². The average Bonchev–Trinajstić information content (AvgIpc) is 2.45. The Hall–Kier alpha value is -1.67. The van der Waals surface area contributed by atoms with Crippen molar-refractivity contribution in [2.24, 2.45) is 0 Å². The molecule has 1 saturated heterocycles. The molecule has 22 heavy (non-hydrogen) atoms. The summed E-state index contributed by atoms with van der Waals surface area (Å²) in [6, 6.07) is 5.58. The van der Waals surface area contributed by atoms with Gasteiger partial charge in [-0.1, -0.05) is 18.2 Å². The van der Waals surface area contributed by atoms with Gasteiger partial charge >= 0.3 is 12.5 Å². The lowest BCUT2D eigenvalue weighted by molar-refractivity contribution is -0.275. The number of rotatable bonds is 3. The van der Waals surface area contributed by atoms with Crippen molar-refractivity contribution in [2.75, 3.05) is 26.2 Å². The molecule has 1 aliphatic heterocycles. The second-order valence-electron chi connectivity index (χ2n) is 4.45. The molecule has 1 fully saturated rings. The molecular formula is C13H16ClF3N2O3. The minimum Gasteiger partial charge on any atom is -0.444 e. The summed E-state index contributed by atoms with van der Waals surface area (Å²) in [7, 11) is 0. The maximum atomic E-state index is 12.3. The highest BCUT2D eigenvalue weighted by Gasteiger charge is 2.32. The number of nitrogens with one attached hydrogen (secondary N) is 1. The predicted molar refractivity (Wildman–Crippen MR) is 75.0 cm³/mol. The van der Waals surface area contributed by atoms with E-state index in [1.807, 2.05) is 0 Å². The largest absolute Gasteiger partial charge is 0.573 e. The van der Waals surface area contributed by atoms with Crippen LogP contribution in [0.25, 0.3) is 0 Å². The van der Waals surface area contributed by atoms with Gasteiger partial charge in [-0.3, -0.25) is 0 Å². The van der Waals surface area contributed by atoms with Gasteiger partial charge in [0.25, 0.3) is 0 Å². The lowest BCUT2D eigenvalue weighted by Gasteiger charge is -2.26. The normalized spacial score (nSPS) is 15.0. The molecule has 0 bridgehead atoms. The molecule has 0 aliphatic carbocycles. The quantitative estimate of drug-likeness (QED) is 0.918. The van der Waals surface area contributed by atoms with Crippen LogP contribution in [0, 0.1) is 0 Å². The first-order chi connectivity index (χ1) is 9.96. The molecule has 5 nitrogen and oxygen atoms in total. The van der Waals surface area contributed by atoms with Crippen LogP contribution in [-0.2, 0) is 11.3 Å². The van der Waals surface area contributed by atoms with Crippen molar-refractivity contribution in [3.05, 3.63) is 29.8 Å². The summed E-state index contributed by atoms with van der Waals surface area (Å²) in [5.74, 6) is -0.363. The van der Waals surface area contributed by atoms with Gasteiger partial charge in [-0.2, -0.15) is 0 Å². The molecule has 0 spiro atoms. The smallest absolute Gasteiger partial charge is 0.444 e. The number of halogens is 4. The van der Waals surface area contributed by atoms with Crippen LogP contribution in [-0.4, -0.2) is 43.5 Å². The summed E-state index contributed by atoms with van der Waals surface area (Å²) in [5.41, 5.74) is 0.165. The standard InChI is InChI=1S/C13H15F3N2O3.ClH/c14-13(15,16)21-11-4-2-1-3-10(11)9-20-12(19)18-7-5-17-6-8-18;/h1-4,17H,5-9H2;1H. The molecule has 1 heterocycles. The van der Waals surface area contributed by atoms with Crippen LogP contribution < -0.4 is 10.1 Å². The third-order valence-electron chi connectivity index (χ3n) is 2.92. The second-order valence-corrected chi connectivity index (χ2v) is 4.45. The summed E-state index contributed by atoms with van der Waals surface area (Å²) in [4.78, 5) is 13.3. The molecule has 1 aromatic rings. The fourth-order valence-corrected chi connectivity index (χ4v) is 1.93. The first kappa shape index (κ1) is 18.4. The molecule has 1 amide bonds. The topological polar surface area (TPSA) is 50.8 Å². The Morgan fingerprint density at radius 3 is 2.50 bits per heavy atom. The van der Waals surface area contributed by atoms with Crippen LogP contribution in [0.3, 0.4) is 0 Å². The van der Waals surface area contributed by atoms with Crippen LogP contribution in [0.15, 0.2) is 24.3 Å². The molecule has 1 N–H and O–H groups in total. The van der Waals surface area contributed by atoms with Crippen molar-refractivity contribution in [3.8, 4) is 5.75 Å². The number of nitrogens with zero attached hydrogens (tertiary/aromatic N) is 1. The Morgan fingerprint density at radius 1 is 1.23 bits per heavy atom. The van der Waals surface area contributed by atoms with Gasteiger partial charge in [-0.05, 0) is 6.07 Å². The summed E-state index contributed by atoms with van der Waals surface area (Å²) in [6.07, 6.45) is -5.32. The van der Waals surface area contributed by atoms with E-state index in [9.17, 15) is 18.0 Å². The molecular weight excluding hydrogens is 325 g/mol. The second kappa shape index (κ2) is 8.09. The van der Waals surface area contributed by atoms with E-state index in [4.69, 9.17) is 4.74 Å². The zero-order chi connectivity index (χ0) is 15.3. The molecule has 0 saturated carbocycles. The Balaban J connectivity index is 0.00000242. The molecule has 2 rings (SSSR count). The van der Waals surface area contributed by atoms with Gasteiger partial charge in [-0.15, -0.1) is 25.6 Å². The fraction of sp³-hybridized carbons (Fsp3) is 0.462. The van der Waals surface area contributed by atoms with E-state index >= 15 is 0 Å². The molecule has 0 radical (unpaired) electrons. The molecule has 0 unspecified atom stereocenters. The minimum atomic E-state index is -4.78. The molecule has 0 atom stereocenters. The third-order valence-corrected chi connectivity index (χ3v) is 2.92. The van der Waals surface area contributed by atoms with Gasteiger partial charge in [0.15, 0.2) is 0 Å². The zero-order valence-corrected chi connectivity index (χ0v) is 12.4. The van der Waals surface area contributed by atoms with Crippen molar-refractivity contribution >= 4 is 18.5 Å². The van der Waals surface area contributed by atoms with Crippen LogP contribution >= 0.6 is 12.4 Å². The third kappa shape index (κ3) is 5.61. The van der Waals surface area contributed by atoms with Gasteiger partial charge < -0.3 is 19.7 Å². The summed E-state index contributed by atoms with van der Waals surface area (Å²) >= 11 is 0. The van der Waals surface area contributed by atoms with Crippen LogP contribution in [0.1, 0.15) is 5.56 Å². The number of benzene rings is 1. The van der Waals surface area contributed by atoms with Gasteiger partial charge in [0, 0.05) is 31.7 Å². The maximum Gasteiger partial charge on any atom is 0.573 e. The summed E-state index contributed by atoms with van der Waals surface area (Å²) in [5, 5.41) is 3.08. The van der Waals surface area contributed by atoms with E-state index in [0.717, 1.165) is 0 Å². The van der Waals surface area contributed by atoms with Gasteiger partial charge in [-0.25, -0.2) is 4.79 Å². The van der Waals surface area contributed by atoms with Crippen molar-refractivity contribution in [3.63, 3.8) is 0 Å². The Kier molecular flexibility index (Phi) is 6.76. The number of hydrogen-bond acceptors (Lipinski definition) is 4. The minimum absolute atomic E-state index is 0. The number of ether oxygens (including phenoxy) is 2. The van der Waals surface area contributed by atoms with E-state index in [0.29, 0.717) is 26.2 Å². The first-order valence-corrected chi connectivity index (χ1v) is 6.42. The number of hydrogen-bond donors (Lipinski definition) is 1. The Labute approximate surface area is 131 Å². The SMILES string of the molecule is Cl.O=C(OCc1ccccc1OC(F)(F)F)N1CCNCC1. The maximum absolute atomic E-state index is 12.3. The lowest BCUT2D eigenvalue weighted by atomic mass is 10.2. The van der Waals surface area contributed by atoms with Crippen molar-refractivity contribution in [1.82, 2.24) is 10.2 Å². The van der Waals surface area contributed by atoms with Crippen LogP contribution in [0.2, 0.25) is 0 Å². The van der Waals surface area contributed by atoms with Crippen molar-refractivity contribution < 1.29 is 27.4 Å². The number of amides is 1. The predicted octanol–water partition coefficient (Wildman–Crippen LogP) is 2.55. The average molecular weight is 341 g/mol. The van der Waals surface area contributed by atoms with Crippen molar-refractivity contribution in [2.45, 2.75) is 13.0 Å². The zero-order valence-electron chi connectivity index (χ0n) is 11.6. The van der Waals surface area contributed by atoms with Crippen molar-refractivity contribution in [1.29, 1.82) is 0 Å². The molecule has 9 heteroatoms. The van der Waals surface area contributed by atoms with E-state index < -0.39 is 12.5 Å². The van der Waals surface area contributed by atoms with E-state index in [-0.39, 0.29) is 30.3 Å². The van der Waals surface area contributed by atoms with Crippen LogP contribution in [0.4, 0.5) is 18.0 Å². The summed E-state index contributed by atoms with van der Waals surface area (Å²) in [6.45, 7) is 2.10. The summed E-state index contributed by atoms with van der Waals surface area (Å²) < 4.78 is 45.7. The highest BCUT2D eigenvalue weighted by molar-refractivity contribution is 5.85. The number of alkyl halides is 3. The number of carbonyl (C=O) groups is 1. The molecule has 124 valence electrons. The van der Waals surface area contributed by atoms with E-state index in [1.54, 1.807) is 6.07 Å². The fourth-order valence-electron chi connectivity index (χ4n) is 1.93. The highest BCUT2D eigenvalue weighted by atomic mass is 35.5. The van der Waals surface area contributed by atoms with Gasteiger partial charge in [0.1, 0.15) is 12.4 Å².